The smallest absolute Gasteiger partial charge is 0.455 e. The highest BCUT2D eigenvalue weighted by Crippen LogP contribution is 2.51. The molecule has 2 fully saturated rings. The summed E-state index contributed by atoms with van der Waals surface area (Å²) in [6, 6.07) is 30.7. The van der Waals surface area contributed by atoms with Crippen molar-refractivity contribution in [1.82, 2.24) is 9.88 Å². The Bertz CT molecular complexity index is 2070. The number of carbonyl (C=O) groups excluding carboxylic acids is 2. The van der Waals surface area contributed by atoms with Crippen LogP contribution in [-0.4, -0.2) is 66.5 Å². The van der Waals surface area contributed by atoms with Gasteiger partial charge in [-0.1, -0.05) is 100 Å². The van der Waals surface area contributed by atoms with Gasteiger partial charge in [0.2, 0.25) is 11.8 Å². The highest BCUT2D eigenvalue weighted by Gasteiger charge is 2.58. The van der Waals surface area contributed by atoms with E-state index in [4.69, 9.17) is 9.08 Å². The van der Waals surface area contributed by atoms with Gasteiger partial charge in [0, 0.05) is 12.7 Å². The molecular weight excluding hydrogens is 722 g/mol. The van der Waals surface area contributed by atoms with Gasteiger partial charge in [-0.25, -0.2) is 4.39 Å². The van der Waals surface area contributed by atoms with Crippen LogP contribution in [0.1, 0.15) is 64.6 Å². The van der Waals surface area contributed by atoms with E-state index in [-0.39, 0.29) is 29.8 Å². The lowest BCUT2D eigenvalue weighted by atomic mass is 9.58. The maximum Gasteiger partial charge on any atom is 0.455 e. The topological polar surface area (TPSA) is 109 Å². The number of carbonyl (C=O) groups is 2. The van der Waals surface area contributed by atoms with Crippen molar-refractivity contribution in [2.75, 3.05) is 13.2 Å². The fourth-order valence-corrected chi connectivity index (χ4v) is 13.8. The molecule has 0 radical (unpaired) electrons. The molecule has 4 aromatic rings. The minimum absolute atomic E-state index is 0.150. The molecule has 0 saturated carbocycles. The van der Waals surface area contributed by atoms with E-state index in [9.17, 15) is 24.1 Å². The molecule has 4 atom stereocenters. The van der Waals surface area contributed by atoms with Gasteiger partial charge in [0.25, 0.3) is 8.32 Å². The zero-order valence-corrected chi connectivity index (χ0v) is 33.5. The zero-order chi connectivity index (χ0) is 39.6. The van der Waals surface area contributed by atoms with Crippen molar-refractivity contribution in [3.63, 3.8) is 0 Å². The van der Waals surface area contributed by atoms with Gasteiger partial charge < -0.3 is 19.2 Å². The minimum atomic E-state index is -3.00. The molecule has 2 aliphatic heterocycles. The minimum Gasteiger partial charge on any atom is -0.505 e. The van der Waals surface area contributed by atoms with Crippen molar-refractivity contribution < 1.29 is 33.2 Å². The standard InChI is InChI=1S/C45H50BFN2O6Si/c1-5-24-49-43(51)35-27-32(29-54-56(45(2,3)4,33-14-8-6-9-15-33)34-16-10-7-11-17-34)41-36(42(35)44(49)52)28-46(53)55-40(41)22-20-31(38-18-12-13-23-48-38)25-30-19-21-39(50)37(47)26-30/h6-19,21,23,25-26,35-36,40,42,50,53H,5,20,22,24,27-29H2,1-4H3/b31-25-/t35-,36+,40-,42-/m1/s1. The maximum atomic E-state index is 14.5. The average molecular weight is 773 g/mol. The Kier molecular flexibility index (Phi) is 11.6. The van der Waals surface area contributed by atoms with Crippen LogP contribution in [0.2, 0.25) is 11.4 Å². The molecule has 3 heterocycles. The van der Waals surface area contributed by atoms with E-state index < -0.39 is 50.9 Å². The third kappa shape index (κ3) is 7.57. The number of amides is 2. The molecule has 0 unspecified atom stereocenters. The van der Waals surface area contributed by atoms with Crippen LogP contribution >= 0.6 is 0 Å². The Morgan fingerprint density at radius 3 is 2.27 bits per heavy atom. The van der Waals surface area contributed by atoms with Crippen LogP contribution in [0.25, 0.3) is 11.6 Å². The second kappa shape index (κ2) is 16.4. The van der Waals surface area contributed by atoms with Crippen LogP contribution in [-0.2, 0) is 18.7 Å². The summed E-state index contributed by atoms with van der Waals surface area (Å²) in [7, 11) is -4.14. The van der Waals surface area contributed by atoms with E-state index in [1.54, 1.807) is 12.3 Å². The number of imide groups is 1. The Labute approximate surface area is 330 Å². The van der Waals surface area contributed by atoms with Crippen molar-refractivity contribution in [2.45, 2.75) is 70.8 Å². The molecule has 1 aromatic heterocycles. The first-order chi connectivity index (χ1) is 26.9. The van der Waals surface area contributed by atoms with E-state index >= 15 is 0 Å². The first-order valence-corrected chi connectivity index (χ1v) is 21.6. The van der Waals surface area contributed by atoms with Crippen LogP contribution < -0.4 is 10.4 Å². The summed E-state index contributed by atoms with van der Waals surface area (Å²) in [5.41, 5.74) is 3.97. The summed E-state index contributed by atoms with van der Waals surface area (Å²) in [6.07, 6.45) is 5.05. The lowest BCUT2D eigenvalue weighted by molar-refractivity contribution is -0.140. The van der Waals surface area contributed by atoms with E-state index in [0.29, 0.717) is 43.5 Å². The molecule has 8 nitrogen and oxygen atoms in total. The van der Waals surface area contributed by atoms with Gasteiger partial charge in [-0.3, -0.25) is 19.5 Å². The molecule has 0 spiro atoms. The number of likely N-dealkylation sites (tertiary alicyclic amines) is 1. The van der Waals surface area contributed by atoms with Gasteiger partial charge in [0.15, 0.2) is 11.6 Å². The molecule has 290 valence electrons. The summed E-state index contributed by atoms with van der Waals surface area (Å²) >= 11 is 0. The van der Waals surface area contributed by atoms with E-state index in [1.165, 1.54) is 17.0 Å². The number of aromatic nitrogens is 1. The SMILES string of the molecule is CCCN1C(=O)[C@@H]2[C@@H](CC(CO[Si](c3ccccc3)(c3ccccc3)C(C)(C)C)=C3[C@@H](CC/C(=C/c4ccc(O)c(F)c4)c4ccccn4)OB(O)C[C@@H]32)C1=O. The number of allylic oxidation sites excluding steroid dienone is 1. The predicted molar refractivity (Wildman–Crippen MR) is 220 cm³/mol. The number of fused-ring (bicyclic) bond motifs is 3. The molecule has 7 rings (SSSR count). The summed E-state index contributed by atoms with van der Waals surface area (Å²) in [6.45, 7) is 9.25. The van der Waals surface area contributed by atoms with Crippen LogP contribution in [0.3, 0.4) is 0 Å². The second-order valence-corrected chi connectivity index (χ2v) is 20.5. The fraction of sp³-hybridized carbons (Fsp3) is 0.356. The maximum absolute atomic E-state index is 14.5. The van der Waals surface area contributed by atoms with Gasteiger partial charge in [-0.15, -0.1) is 0 Å². The Hall–Kier alpha value is -4.68. The average Bonchev–Trinajstić information content (AvgIpc) is 3.43. The summed E-state index contributed by atoms with van der Waals surface area (Å²) in [5.74, 6) is -3.01. The molecule has 2 N–H and O–H groups in total. The second-order valence-electron chi connectivity index (χ2n) is 16.2. The predicted octanol–water partition coefficient (Wildman–Crippen LogP) is 7.03. The quantitative estimate of drug-likeness (QED) is 0.0905. The molecule has 0 bridgehead atoms. The number of phenols is 1. The molecule has 2 amide bonds. The first-order valence-electron chi connectivity index (χ1n) is 19.7. The number of rotatable bonds is 12. The monoisotopic (exact) mass is 772 g/mol. The van der Waals surface area contributed by atoms with Gasteiger partial charge in [-0.05, 0) is 106 Å². The van der Waals surface area contributed by atoms with Gasteiger partial charge in [0.05, 0.1) is 30.2 Å². The van der Waals surface area contributed by atoms with Crippen LogP contribution in [0.15, 0.2) is 114 Å². The number of nitrogens with zero attached hydrogens (tertiary/aromatic N) is 2. The summed E-state index contributed by atoms with van der Waals surface area (Å²) < 4.78 is 28.4. The van der Waals surface area contributed by atoms with Crippen molar-refractivity contribution in [1.29, 1.82) is 0 Å². The Balaban J connectivity index is 1.32. The highest BCUT2D eigenvalue weighted by atomic mass is 28.4. The third-order valence-corrected chi connectivity index (χ3v) is 16.7. The van der Waals surface area contributed by atoms with E-state index in [0.717, 1.165) is 27.1 Å². The summed E-state index contributed by atoms with van der Waals surface area (Å²) in [4.78, 5) is 34.1. The number of halogens is 1. The lowest BCUT2D eigenvalue weighted by Gasteiger charge is -2.46. The van der Waals surface area contributed by atoms with Crippen molar-refractivity contribution >= 4 is 49.3 Å². The van der Waals surface area contributed by atoms with Crippen molar-refractivity contribution in [2.24, 2.45) is 17.8 Å². The number of aromatic hydroxyl groups is 1. The van der Waals surface area contributed by atoms with Crippen LogP contribution in [0.5, 0.6) is 5.75 Å². The fourth-order valence-electron chi connectivity index (χ4n) is 9.29. The highest BCUT2D eigenvalue weighted by molar-refractivity contribution is 6.99. The zero-order valence-electron chi connectivity index (χ0n) is 32.5. The van der Waals surface area contributed by atoms with E-state index in [1.807, 2.05) is 43.3 Å². The van der Waals surface area contributed by atoms with Gasteiger partial charge in [-0.2, -0.15) is 0 Å². The molecule has 1 aliphatic carbocycles. The molecule has 11 heteroatoms. The first kappa shape index (κ1) is 39.6. The van der Waals surface area contributed by atoms with Crippen molar-refractivity contribution in [3.8, 4) is 5.75 Å². The third-order valence-electron chi connectivity index (χ3n) is 11.7. The number of phenolic OH excluding ortho intramolecular Hbond substituents is 1. The molecule has 2 saturated heterocycles. The van der Waals surface area contributed by atoms with Gasteiger partial charge >= 0.3 is 7.12 Å². The lowest BCUT2D eigenvalue weighted by Crippen LogP contribution is -2.66. The number of hydrogen-bond acceptors (Lipinski definition) is 7. The Morgan fingerprint density at radius 2 is 1.66 bits per heavy atom. The number of hydrogen-bond donors (Lipinski definition) is 2. The molecular formula is C45H50BFN2O6Si. The Morgan fingerprint density at radius 1 is 0.982 bits per heavy atom. The number of benzene rings is 3. The molecule has 3 aliphatic rings. The van der Waals surface area contributed by atoms with Crippen molar-refractivity contribution in [3.05, 3.63) is 131 Å². The molecule has 3 aromatic carbocycles. The largest absolute Gasteiger partial charge is 0.505 e. The molecule has 56 heavy (non-hydrogen) atoms. The van der Waals surface area contributed by atoms with Crippen LogP contribution in [0, 0.1) is 23.6 Å². The number of pyridine rings is 1. The summed E-state index contributed by atoms with van der Waals surface area (Å²) in [5, 5.41) is 23.1. The normalized spacial score (nSPS) is 21.7. The van der Waals surface area contributed by atoms with Crippen LogP contribution in [0.4, 0.5) is 4.39 Å². The van der Waals surface area contributed by atoms with E-state index in [2.05, 4.69) is 74.3 Å². The van der Waals surface area contributed by atoms with Gasteiger partial charge in [0.1, 0.15) is 0 Å².